The van der Waals surface area contributed by atoms with E-state index in [0.717, 1.165) is 43.5 Å². The molecule has 1 aliphatic heterocycles. The Kier molecular flexibility index (Phi) is 8.56. The van der Waals surface area contributed by atoms with Crippen LogP contribution in [0, 0.1) is 11.6 Å². The first-order valence-electron chi connectivity index (χ1n) is 11.7. The summed E-state index contributed by atoms with van der Waals surface area (Å²) in [5, 5.41) is -0.971. The third-order valence-electron chi connectivity index (χ3n) is 6.24. The van der Waals surface area contributed by atoms with Gasteiger partial charge in [0.2, 0.25) is 0 Å². The molecule has 0 N–H and O–H groups in total. The highest BCUT2D eigenvalue weighted by Crippen LogP contribution is 2.32. The third kappa shape index (κ3) is 6.45. The summed E-state index contributed by atoms with van der Waals surface area (Å²) in [7, 11) is -7.89. The van der Waals surface area contributed by atoms with Crippen molar-refractivity contribution < 1.29 is 48.3 Å². The second-order valence-electron chi connectivity index (χ2n) is 9.32. The number of carbonyl (C=O) groups is 1. The Hall–Kier alpha value is -2.94. The Morgan fingerprint density at radius 3 is 2.03 bits per heavy atom. The summed E-state index contributed by atoms with van der Waals surface area (Å²) >= 11 is 0. The normalized spacial score (nSPS) is 15.9. The number of rotatable bonds is 7. The minimum atomic E-state index is -4.75. The summed E-state index contributed by atoms with van der Waals surface area (Å²) < 4.78 is 122. The Bertz CT molecular complexity index is 1470. The van der Waals surface area contributed by atoms with E-state index >= 15 is 0 Å². The van der Waals surface area contributed by atoms with Gasteiger partial charge in [0.1, 0.15) is 10.6 Å². The van der Waals surface area contributed by atoms with Crippen LogP contribution in [0.4, 0.5) is 27.6 Å². The molecule has 2 aromatic rings. The van der Waals surface area contributed by atoms with Gasteiger partial charge in [0.05, 0.1) is 21.4 Å². The van der Waals surface area contributed by atoms with Crippen molar-refractivity contribution in [2.75, 3.05) is 37.3 Å². The Morgan fingerprint density at radius 2 is 1.51 bits per heavy atom. The van der Waals surface area contributed by atoms with Crippen molar-refractivity contribution in [3.63, 3.8) is 0 Å². The van der Waals surface area contributed by atoms with Gasteiger partial charge in [0.15, 0.2) is 37.4 Å². The SMILES string of the molecule is CC(Oc1ccc(S(C)(=O)=O)cc1C(=O)N1CCN(c2ccc(S(=O)(=O)C(C)C)c(F)c2F)CC1)C(F)(F)F. The van der Waals surface area contributed by atoms with E-state index in [1.165, 1.54) is 23.6 Å². The third-order valence-corrected chi connectivity index (χ3v) is 9.52. The molecular weight excluding hydrogens is 571 g/mol. The number of benzene rings is 2. The van der Waals surface area contributed by atoms with E-state index in [2.05, 4.69) is 0 Å². The Morgan fingerprint density at radius 1 is 0.923 bits per heavy atom. The van der Waals surface area contributed by atoms with Crippen molar-refractivity contribution in [1.29, 1.82) is 0 Å². The number of halogens is 5. The number of hydrogen-bond donors (Lipinski definition) is 0. The first-order valence-corrected chi connectivity index (χ1v) is 15.1. The fourth-order valence-corrected chi connectivity index (χ4v) is 5.58. The van der Waals surface area contributed by atoms with Crippen LogP contribution >= 0.6 is 0 Å². The van der Waals surface area contributed by atoms with Gasteiger partial charge in [-0.1, -0.05) is 0 Å². The van der Waals surface area contributed by atoms with Crippen LogP contribution in [0.5, 0.6) is 5.75 Å². The first kappa shape index (κ1) is 30.6. The monoisotopic (exact) mass is 598 g/mol. The average molecular weight is 599 g/mol. The topological polar surface area (TPSA) is 101 Å². The molecule has 0 aromatic heterocycles. The second kappa shape index (κ2) is 10.9. The van der Waals surface area contributed by atoms with Crippen LogP contribution in [0.15, 0.2) is 40.1 Å². The van der Waals surface area contributed by atoms with Crippen LogP contribution in [0.2, 0.25) is 0 Å². The number of carbonyl (C=O) groups excluding carboxylic acids is 1. The van der Waals surface area contributed by atoms with E-state index in [0.29, 0.717) is 0 Å². The Balaban J connectivity index is 1.86. The van der Waals surface area contributed by atoms with Gasteiger partial charge in [-0.3, -0.25) is 4.79 Å². The lowest BCUT2D eigenvalue weighted by atomic mass is 10.1. The van der Waals surface area contributed by atoms with Crippen LogP contribution in [0.3, 0.4) is 0 Å². The van der Waals surface area contributed by atoms with E-state index in [-0.39, 0.29) is 36.8 Å². The van der Waals surface area contributed by atoms with Crippen LogP contribution in [0.1, 0.15) is 31.1 Å². The number of hydrogen-bond acceptors (Lipinski definition) is 7. The number of alkyl halides is 3. The largest absolute Gasteiger partial charge is 0.480 e. The van der Waals surface area contributed by atoms with Gasteiger partial charge in [0, 0.05) is 32.4 Å². The molecule has 1 heterocycles. The molecule has 1 aliphatic rings. The zero-order chi connectivity index (χ0) is 29.5. The number of nitrogens with zero attached hydrogens (tertiary/aromatic N) is 2. The molecule has 0 aliphatic carbocycles. The fraction of sp³-hybridized carbons (Fsp3) is 0.458. The van der Waals surface area contributed by atoms with Crippen molar-refractivity contribution in [2.24, 2.45) is 0 Å². The van der Waals surface area contributed by atoms with Crippen LogP contribution in [0.25, 0.3) is 0 Å². The number of sulfone groups is 2. The number of piperazine rings is 1. The summed E-state index contributed by atoms with van der Waals surface area (Å²) in [5.41, 5.74) is -0.618. The molecule has 0 spiro atoms. The van der Waals surface area contributed by atoms with E-state index in [1.807, 2.05) is 0 Å². The van der Waals surface area contributed by atoms with E-state index < -0.39 is 71.0 Å². The molecule has 1 fully saturated rings. The Labute approximate surface area is 223 Å². The maximum atomic E-state index is 14.9. The van der Waals surface area contributed by atoms with Crippen molar-refractivity contribution >= 4 is 31.3 Å². The molecule has 0 radical (unpaired) electrons. The molecular formula is C24H27F5N2O6S2. The smallest absolute Gasteiger partial charge is 0.425 e. The molecule has 39 heavy (non-hydrogen) atoms. The number of ether oxygens (including phenoxy) is 1. The molecule has 1 amide bonds. The lowest BCUT2D eigenvalue weighted by molar-refractivity contribution is -0.189. The van der Waals surface area contributed by atoms with Crippen molar-refractivity contribution in [1.82, 2.24) is 4.90 Å². The quantitative estimate of drug-likeness (QED) is 0.447. The fourth-order valence-electron chi connectivity index (χ4n) is 3.83. The maximum Gasteiger partial charge on any atom is 0.425 e. The molecule has 2 aromatic carbocycles. The molecule has 1 atom stereocenters. The van der Waals surface area contributed by atoms with E-state index in [4.69, 9.17) is 4.74 Å². The molecule has 3 rings (SSSR count). The first-order chi connectivity index (χ1) is 17.9. The van der Waals surface area contributed by atoms with E-state index in [9.17, 15) is 43.6 Å². The summed E-state index contributed by atoms with van der Waals surface area (Å²) in [6, 6.07) is 5.05. The van der Waals surface area contributed by atoms with Gasteiger partial charge in [-0.15, -0.1) is 0 Å². The second-order valence-corrected chi connectivity index (χ2v) is 13.8. The van der Waals surface area contributed by atoms with Gasteiger partial charge in [0.25, 0.3) is 5.91 Å². The maximum absolute atomic E-state index is 14.9. The highest BCUT2D eigenvalue weighted by molar-refractivity contribution is 7.92. The van der Waals surface area contributed by atoms with Crippen LogP contribution in [-0.2, 0) is 19.7 Å². The molecule has 1 unspecified atom stereocenters. The summed E-state index contributed by atoms with van der Waals surface area (Å²) in [6.45, 7) is 3.19. The molecule has 8 nitrogen and oxygen atoms in total. The van der Waals surface area contributed by atoms with Crippen LogP contribution in [-0.4, -0.2) is 77.6 Å². The molecule has 1 saturated heterocycles. The predicted molar refractivity (Wildman–Crippen MR) is 132 cm³/mol. The zero-order valence-corrected chi connectivity index (χ0v) is 23.1. The minimum absolute atomic E-state index is 0.0285. The van der Waals surface area contributed by atoms with Gasteiger partial charge in [-0.05, 0) is 51.1 Å². The lowest BCUT2D eigenvalue weighted by Crippen LogP contribution is -2.49. The van der Waals surface area contributed by atoms with Gasteiger partial charge in [-0.25, -0.2) is 25.6 Å². The molecule has 0 bridgehead atoms. The summed E-state index contributed by atoms with van der Waals surface area (Å²) in [4.78, 5) is 14.8. The number of anilines is 1. The minimum Gasteiger partial charge on any atom is -0.480 e. The molecule has 15 heteroatoms. The zero-order valence-electron chi connectivity index (χ0n) is 21.4. The lowest BCUT2D eigenvalue weighted by Gasteiger charge is -2.36. The standard InChI is InChI=1S/C24H27F5N2O6S2/c1-14(2)39(35,36)20-8-6-18(21(25)22(20)26)30-9-11-31(12-10-30)23(32)17-13-16(38(4,33)34)5-7-19(17)37-15(3)24(27,28)29/h5-8,13-15H,9-12H2,1-4H3. The summed E-state index contributed by atoms with van der Waals surface area (Å²) in [6.07, 6.45) is -6.16. The predicted octanol–water partition coefficient (Wildman–Crippen LogP) is 3.84. The number of amides is 1. The molecule has 216 valence electrons. The van der Waals surface area contributed by atoms with Crippen molar-refractivity contribution in [2.45, 2.75) is 48.1 Å². The van der Waals surface area contributed by atoms with Gasteiger partial charge < -0.3 is 14.5 Å². The highest BCUT2D eigenvalue weighted by atomic mass is 32.2. The van der Waals surface area contributed by atoms with Crippen molar-refractivity contribution in [3.8, 4) is 5.75 Å². The van der Waals surface area contributed by atoms with Gasteiger partial charge in [-0.2, -0.15) is 13.2 Å². The summed E-state index contributed by atoms with van der Waals surface area (Å²) in [5.74, 6) is -4.16. The van der Waals surface area contributed by atoms with Crippen molar-refractivity contribution in [3.05, 3.63) is 47.5 Å². The van der Waals surface area contributed by atoms with Gasteiger partial charge >= 0.3 is 6.18 Å². The average Bonchev–Trinajstić information content (AvgIpc) is 2.84. The molecule has 0 saturated carbocycles. The van der Waals surface area contributed by atoms with E-state index in [1.54, 1.807) is 0 Å². The van der Waals surface area contributed by atoms with Crippen LogP contribution < -0.4 is 9.64 Å². The highest BCUT2D eigenvalue weighted by Gasteiger charge is 2.39.